The van der Waals surface area contributed by atoms with Crippen LogP contribution in [-0.4, -0.2) is 29.9 Å². The van der Waals surface area contributed by atoms with E-state index in [1.807, 2.05) is 0 Å². The number of ether oxygens (including phenoxy) is 1. The summed E-state index contributed by atoms with van der Waals surface area (Å²) >= 11 is 1.69. The van der Waals surface area contributed by atoms with Gasteiger partial charge in [-0.1, -0.05) is 6.92 Å². The average molecular weight is 213 g/mol. The summed E-state index contributed by atoms with van der Waals surface area (Å²) in [6.45, 7) is 3.65. The molecule has 0 saturated carbocycles. The van der Waals surface area contributed by atoms with E-state index in [0.717, 1.165) is 23.5 Å². The molecule has 1 saturated heterocycles. The molecule has 78 valence electrons. The van der Waals surface area contributed by atoms with Crippen molar-refractivity contribution < 1.29 is 9.84 Å². The van der Waals surface area contributed by atoms with Gasteiger partial charge in [-0.15, -0.1) is 11.3 Å². The second-order valence-electron chi connectivity index (χ2n) is 3.91. The molecule has 0 radical (unpaired) electrons. The van der Waals surface area contributed by atoms with Crippen LogP contribution in [0.2, 0.25) is 0 Å². The first-order chi connectivity index (χ1) is 6.78. The van der Waals surface area contributed by atoms with Gasteiger partial charge >= 0.3 is 0 Å². The van der Waals surface area contributed by atoms with Gasteiger partial charge in [0.25, 0.3) is 0 Å². The third kappa shape index (κ3) is 1.82. The number of hydrogen-bond acceptors (Lipinski definition) is 4. The van der Waals surface area contributed by atoms with E-state index in [9.17, 15) is 5.11 Å². The minimum Gasteiger partial charge on any atom is -0.396 e. The van der Waals surface area contributed by atoms with Crippen LogP contribution in [0.3, 0.4) is 0 Å². The van der Waals surface area contributed by atoms with Crippen LogP contribution >= 0.6 is 11.3 Å². The second-order valence-corrected chi connectivity index (χ2v) is 4.86. The first-order valence-electron chi connectivity index (χ1n) is 4.90. The van der Waals surface area contributed by atoms with Gasteiger partial charge in [0.05, 0.1) is 30.5 Å². The molecule has 0 aliphatic carbocycles. The number of thiazole rings is 1. The number of aliphatic hydroxyl groups is 1. The average Bonchev–Trinajstić information content (AvgIpc) is 2.59. The summed E-state index contributed by atoms with van der Waals surface area (Å²) in [6, 6.07) is 0. The fourth-order valence-corrected chi connectivity index (χ4v) is 2.60. The van der Waals surface area contributed by atoms with Gasteiger partial charge < -0.3 is 9.84 Å². The van der Waals surface area contributed by atoms with Crippen molar-refractivity contribution in [2.24, 2.45) is 5.41 Å². The molecule has 14 heavy (non-hydrogen) atoms. The number of nitrogens with zero attached hydrogens (tertiary/aromatic N) is 1. The maximum Gasteiger partial charge on any atom is 0.0936 e. The van der Waals surface area contributed by atoms with E-state index < -0.39 is 0 Å². The summed E-state index contributed by atoms with van der Waals surface area (Å²) in [4.78, 5) is 4.50. The highest BCUT2D eigenvalue weighted by Crippen LogP contribution is 2.32. The summed E-state index contributed by atoms with van der Waals surface area (Å²) < 4.78 is 5.15. The minimum absolute atomic E-state index is 0.0388. The fourth-order valence-electron chi connectivity index (χ4n) is 1.55. The van der Waals surface area contributed by atoms with E-state index in [4.69, 9.17) is 4.74 Å². The molecule has 0 unspecified atom stereocenters. The number of rotatable bonds is 4. The Morgan fingerprint density at radius 3 is 2.86 bits per heavy atom. The van der Waals surface area contributed by atoms with E-state index in [-0.39, 0.29) is 12.0 Å². The quantitative estimate of drug-likeness (QED) is 0.818. The molecular formula is C10H15NO2S. The Morgan fingerprint density at radius 2 is 2.43 bits per heavy atom. The molecule has 0 amide bonds. The number of hydrogen-bond donors (Lipinski definition) is 1. The van der Waals surface area contributed by atoms with Crippen molar-refractivity contribution in [1.29, 1.82) is 0 Å². The first-order valence-corrected chi connectivity index (χ1v) is 5.78. The standard InChI is InChI=1S/C10H15NO2S/c1-2-8-4-14-9(11-8)3-10(5-12)6-13-7-10/h4,12H,2-3,5-7H2,1H3. The maximum absolute atomic E-state index is 9.26. The second kappa shape index (κ2) is 3.96. The molecule has 2 heterocycles. The van der Waals surface area contributed by atoms with Crippen LogP contribution in [-0.2, 0) is 17.6 Å². The lowest BCUT2D eigenvalue weighted by atomic mass is 9.84. The van der Waals surface area contributed by atoms with Crippen molar-refractivity contribution in [1.82, 2.24) is 4.98 Å². The topological polar surface area (TPSA) is 42.4 Å². The van der Waals surface area contributed by atoms with E-state index in [2.05, 4.69) is 17.3 Å². The van der Waals surface area contributed by atoms with Crippen LogP contribution in [0.1, 0.15) is 17.6 Å². The predicted octanol–water partition coefficient (Wildman–Crippen LogP) is 1.26. The maximum atomic E-state index is 9.26. The molecule has 1 aromatic rings. The summed E-state index contributed by atoms with van der Waals surface area (Å²) in [5.41, 5.74) is 1.11. The monoisotopic (exact) mass is 213 g/mol. The lowest BCUT2D eigenvalue weighted by molar-refractivity contribution is -0.136. The number of aromatic nitrogens is 1. The van der Waals surface area contributed by atoms with Gasteiger partial charge in [-0.2, -0.15) is 0 Å². The van der Waals surface area contributed by atoms with Crippen LogP contribution in [0.5, 0.6) is 0 Å². The van der Waals surface area contributed by atoms with Gasteiger partial charge in [0.15, 0.2) is 0 Å². The normalized spacial score (nSPS) is 19.3. The smallest absolute Gasteiger partial charge is 0.0936 e. The molecule has 4 heteroatoms. The Bertz CT molecular complexity index is 301. The van der Waals surface area contributed by atoms with Crippen molar-refractivity contribution in [2.45, 2.75) is 19.8 Å². The van der Waals surface area contributed by atoms with Crippen molar-refractivity contribution in [2.75, 3.05) is 19.8 Å². The molecule has 1 aromatic heterocycles. The molecule has 0 bridgehead atoms. The SMILES string of the molecule is CCc1csc(CC2(CO)COC2)n1. The highest BCUT2D eigenvalue weighted by Gasteiger charge is 2.38. The van der Waals surface area contributed by atoms with Crippen molar-refractivity contribution >= 4 is 11.3 Å². The molecule has 0 atom stereocenters. The first kappa shape index (κ1) is 10.1. The lowest BCUT2D eigenvalue weighted by Crippen LogP contribution is -2.47. The Labute approximate surface area is 87.7 Å². The van der Waals surface area contributed by atoms with Gasteiger partial charge in [-0.25, -0.2) is 4.98 Å². The highest BCUT2D eigenvalue weighted by molar-refractivity contribution is 7.09. The molecule has 1 fully saturated rings. The zero-order valence-electron chi connectivity index (χ0n) is 8.32. The molecule has 3 nitrogen and oxygen atoms in total. The largest absolute Gasteiger partial charge is 0.396 e. The molecule has 0 spiro atoms. The predicted molar refractivity (Wildman–Crippen MR) is 55.5 cm³/mol. The lowest BCUT2D eigenvalue weighted by Gasteiger charge is -2.39. The molecular weight excluding hydrogens is 198 g/mol. The van der Waals surface area contributed by atoms with Crippen LogP contribution in [0.25, 0.3) is 0 Å². The van der Waals surface area contributed by atoms with Crippen molar-refractivity contribution in [3.05, 3.63) is 16.1 Å². The van der Waals surface area contributed by atoms with E-state index in [1.54, 1.807) is 11.3 Å². The van der Waals surface area contributed by atoms with Crippen LogP contribution in [0.4, 0.5) is 0 Å². The zero-order valence-corrected chi connectivity index (χ0v) is 9.14. The van der Waals surface area contributed by atoms with Crippen molar-refractivity contribution in [3.8, 4) is 0 Å². The molecule has 1 aliphatic heterocycles. The Kier molecular flexibility index (Phi) is 2.85. The van der Waals surface area contributed by atoms with Gasteiger partial charge in [0, 0.05) is 17.2 Å². The Morgan fingerprint density at radius 1 is 1.64 bits per heavy atom. The Hall–Kier alpha value is -0.450. The van der Waals surface area contributed by atoms with Gasteiger partial charge in [0.1, 0.15) is 0 Å². The van der Waals surface area contributed by atoms with Gasteiger partial charge in [-0.05, 0) is 6.42 Å². The third-order valence-electron chi connectivity index (χ3n) is 2.64. The fraction of sp³-hybridized carbons (Fsp3) is 0.700. The number of aliphatic hydroxyl groups excluding tert-OH is 1. The molecule has 2 rings (SSSR count). The van der Waals surface area contributed by atoms with Crippen molar-refractivity contribution in [3.63, 3.8) is 0 Å². The summed E-state index contributed by atoms with van der Waals surface area (Å²) in [6.07, 6.45) is 1.84. The van der Waals surface area contributed by atoms with Gasteiger partial charge in [-0.3, -0.25) is 0 Å². The summed E-state index contributed by atoms with van der Waals surface area (Å²) in [7, 11) is 0. The molecule has 0 aromatic carbocycles. The van der Waals surface area contributed by atoms with E-state index >= 15 is 0 Å². The molecule has 1 N–H and O–H groups in total. The van der Waals surface area contributed by atoms with E-state index in [1.165, 1.54) is 0 Å². The zero-order chi connectivity index (χ0) is 10.0. The van der Waals surface area contributed by atoms with Crippen LogP contribution in [0.15, 0.2) is 5.38 Å². The number of aryl methyl sites for hydroxylation is 1. The summed E-state index contributed by atoms with van der Waals surface area (Å²) in [5.74, 6) is 0. The minimum atomic E-state index is -0.0388. The molecule has 1 aliphatic rings. The van der Waals surface area contributed by atoms with Crippen LogP contribution in [0, 0.1) is 5.41 Å². The highest BCUT2D eigenvalue weighted by atomic mass is 32.1. The van der Waals surface area contributed by atoms with E-state index in [0.29, 0.717) is 13.2 Å². The van der Waals surface area contributed by atoms with Crippen LogP contribution < -0.4 is 0 Å². The summed E-state index contributed by atoms with van der Waals surface area (Å²) in [5, 5.41) is 12.5. The third-order valence-corrected chi connectivity index (χ3v) is 3.54. The van der Waals surface area contributed by atoms with Gasteiger partial charge in [0.2, 0.25) is 0 Å². The Balaban J connectivity index is 2.02.